The molecule has 18 heavy (non-hydrogen) atoms. The molecule has 1 aromatic heterocycles. The number of hydrogen-bond donors (Lipinski definition) is 2. The average molecular weight is 245 g/mol. The van der Waals surface area contributed by atoms with Crippen LogP contribution in [0.1, 0.15) is 11.1 Å². The third kappa shape index (κ3) is 2.75. The van der Waals surface area contributed by atoms with Crippen molar-refractivity contribution in [1.29, 1.82) is 0 Å². The molecular formula is C13H15N3O2. The van der Waals surface area contributed by atoms with E-state index in [9.17, 15) is 4.79 Å². The highest BCUT2D eigenvalue weighted by Crippen LogP contribution is 2.11. The zero-order valence-electron chi connectivity index (χ0n) is 10.1. The van der Waals surface area contributed by atoms with E-state index in [1.807, 2.05) is 37.4 Å². The number of rotatable bonds is 4. The number of aliphatic carboxylic acids is 1. The summed E-state index contributed by atoms with van der Waals surface area (Å²) in [5.41, 5.74) is 8.41. The van der Waals surface area contributed by atoms with E-state index in [-0.39, 0.29) is 0 Å². The first-order valence-corrected chi connectivity index (χ1v) is 5.65. The minimum absolute atomic E-state index is 0.327. The van der Waals surface area contributed by atoms with Gasteiger partial charge in [0.05, 0.1) is 11.9 Å². The highest BCUT2D eigenvalue weighted by molar-refractivity contribution is 5.73. The van der Waals surface area contributed by atoms with E-state index < -0.39 is 12.0 Å². The van der Waals surface area contributed by atoms with Crippen LogP contribution in [0.25, 0.3) is 5.69 Å². The molecule has 0 spiro atoms. The number of aryl methyl sites for hydroxylation is 1. The molecule has 0 fully saturated rings. The van der Waals surface area contributed by atoms with Crippen molar-refractivity contribution in [3.63, 3.8) is 0 Å². The zero-order chi connectivity index (χ0) is 13.1. The lowest BCUT2D eigenvalue weighted by molar-refractivity contribution is -0.138. The van der Waals surface area contributed by atoms with Crippen molar-refractivity contribution < 1.29 is 9.90 Å². The lowest BCUT2D eigenvalue weighted by Crippen LogP contribution is -2.32. The van der Waals surface area contributed by atoms with E-state index >= 15 is 0 Å². The summed E-state index contributed by atoms with van der Waals surface area (Å²) in [7, 11) is 0. The summed E-state index contributed by atoms with van der Waals surface area (Å²) in [6, 6.07) is 6.68. The minimum Gasteiger partial charge on any atom is -0.480 e. The van der Waals surface area contributed by atoms with Gasteiger partial charge in [-0.1, -0.05) is 12.1 Å². The van der Waals surface area contributed by atoms with Crippen molar-refractivity contribution in [2.45, 2.75) is 19.4 Å². The van der Waals surface area contributed by atoms with E-state index in [1.165, 1.54) is 0 Å². The first-order chi connectivity index (χ1) is 8.56. The molecule has 0 saturated carbocycles. The van der Waals surface area contributed by atoms with Gasteiger partial charge in [-0.05, 0) is 36.6 Å². The Bertz CT molecular complexity index is 546. The van der Waals surface area contributed by atoms with Gasteiger partial charge in [0.15, 0.2) is 0 Å². The van der Waals surface area contributed by atoms with Crippen LogP contribution in [0.4, 0.5) is 0 Å². The monoisotopic (exact) mass is 245 g/mol. The van der Waals surface area contributed by atoms with E-state index in [4.69, 9.17) is 10.8 Å². The van der Waals surface area contributed by atoms with E-state index in [0.29, 0.717) is 6.42 Å². The van der Waals surface area contributed by atoms with Crippen LogP contribution < -0.4 is 5.73 Å². The molecule has 0 amide bonds. The summed E-state index contributed by atoms with van der Waals surface area (Å²) in [6.45, 7) is 1.98. The lowest BCUT2D eigenvalue weighted by Gasteiger charge is -2.07. The minimum atomic E-state index is -0.984. The van der Waals surface area contributed by atoms with Crippen LogP contribution in [0.2, 0.25) is 0 Å². The summed E-state index contributed by atoms with van der Waals surface area (Å²) in [5.74, 6) is -0.984. The molecule has 1 aromatic carbocycles. The SMILES string of the molecule is Cc1cnn(-c2ccc(CC(N)C(=O)O)cc2)c1. The molecule has 3 N–H and O–H groups in total. The molecule has 1 heterocycles. The number of carboxylic acid groups (broad SMARTS) is 1. The van der Waals surface area contributed by atoms with E-state index in [1.54, 1.807) is 10.9 Å². The van der Waals surface area contributed by atoms with Crippen LogP contribution in [0.3, 0.4) is 0 Å². The van der Waals surface area contributed by atoms with Crippen molar-refractivity contribution >= 4 is 5.97 Å². The van der Waals surface area contributed by atoms with Crippen molar-refractivity contribution in [2.75, 3.05) is 0 Å². The van der Waals surface area contributed by atoms with Gasteiger partial charge >= 0.3 is 5.97 Å². The quantitative estimate of drug-likeness (QED) is 0.846. The van der Waals surface area contributed by atoms with E-state index in [2.05, 4.69) is 5.10 Å². The van der Waals surface area contributed by atoms with Gasteiger partial charge in [-0.3, -0.25) is 4.79 Å². The molecule has 2 aromatic rings. The molecule has 1 atom stereocenters. The fraction of sp³-hybridized carbons (Fsp3) is 0.231. The second kappa shape index (κ2) is 5.01. The summed E-state index contributed by atoms with van der Waals surface area (Å²) in [4.78, 5) is 10.7. The molecule has 0 aliphatic heterocycles. The van der Waals surface area contributed by atoms with Crippen LogP contribution in [0, 0.1) is 6.92 Å². The van der Waals surface area contributed by atoms with Gasteiger partial charge in [-0.15, -0.1) is 0 Å². The van der Waals surface area contributed by atoms with Gasteiger partial charge in [0.2, 0.25) is 0 Å². The van der Waals surface area contributed by atoms with Crippen LogP contribution in [0.15, 0.2) is 36.7 Å². The predicted octanol–water partition coefficient (Wildman–Crippen LogP) is 1.14. The Balaban J connectivity index is 2.13. The normalized spacial score (nSPS) is 12.3. The van der Waals surface area contributed by atoms with Gasteiger partial charge in [-0.2, -0.15) is 5.10 Å². The van der Waals surface area contributed by atoms with Crippen LogP contribution in [-0.4, -0.2) is 26.9 Å². The highest BCUT2D eigenvalue weighted by Gasteiger charge is 2.11. The largest absolute Gasteiger partial charge is 0.480 e. The molecule has 0 bridgehead atoms. The molecule has 0 radical (unpaired) electrons. The van der Waals surface area contributed by atoms with Crippen LogP contribution in [0.5, 0.6) is 0 Å². The Hall–Kier alpha value is -2.14. The second-order valence-electron chi connectivity index (χ2n) is 4.28. The van der Waals surface area contributed by atoms with Gasteiger partial charge in [0.25, 0.3) is 0 Å². The van der Waals surface area contributed by atoms with Crippen molar-refractivity contribution in [3.8, 4) is 5.69 Å². The number of carboxylic acids is 1. The summed E-state index contributed by atoms with van der Waals surface area (Å²) in [5, 5.41) is 12.9. The highest BCUT2D eigenvalue weighted by atomic mass is 16.4. The molecule has 94 valence electrons. The van der Waals surface area contributed by atoms with Crippen molar-refractivity contribution in [2.24, 2.45) is 5.73 Å². The van der Waals surface area contributed by atoms with Gasteiger partial charge in [0, 0.05) is 6.20 Å². The number of hydrogen-bond acceptors (Lipinski definition) is 3. The first-order valence-electron chi connectivity index (χ1n) is 5.65. The summed E-state index contributed by atoms with van der Waals surface area (Å²) in [6.07, 6.45) is 4.04. The molecule has 5 heteroatoms. The molecule has 0 aliphatic rings. The maximum absolute atomic E-state index is 10.7. The fourth-order valence-corrected chi connectivity index (χ4v) is 1.68. The number of aromatic nitrogens is 2. The third-order valence-electron chi connectivity index (χ3n) is 2.69. The molecule has 2 rings (SSSR count). The maximum atomic E-state index is 10.7. The van der Waals surface area contributed by atoms with Gasteiger partial charge < -0.3 is 10.8 Å². The Morgan fingerprint density at radius 2 is 2.11 bits per heavy atom. The lowest BCUT2D eigenvalue weighted by atomic mass is 10.1. The predicted molar refractivity (Wildman–Crippen MR) is 67.6 cm³/mol. The first kappa shape index (κ1) is 12.3. The number of carbonyl (C=O) groups is 1. The van der Waals surface area contributed by atoms with E-state index in [0.717, 1.165) is 16.8 Å². The Kier molecular flexibility index (Phi) is 3.43. The molecule has 0 aliphatic carbocycles. The topological polar surface area (TPSA) is 81.1 Å². The molecular weight excluding hydrogens is 230 g/mol. The summed E-state index contributed by atoms with van der Waals surface area (Å²) >= 11 is 0. The average Bonchev–Trinajstić information content (AvgIpc) is 2.76. The second-order valence-corrected chi connectivity index (χ2v) is 4.28. The Labute approximate surface area is 105 Å². The molecule has 5 nitrogen and oxygen atoms in total. The zero-order valence-corrected chi connectivity index (χ0v) is 10.1. The number of nitrogens with two attached hydrogens (primary N) is 1. The fourth-order valence-electron chi connectivity index (χ4n) is 1.68. The van der Waals surface area contributed by atoms with Crippen molar-refractivity contribution in [3.05, 3.63) is 47.8 Å². The van der Waals surface area contributed by atoms with Gasteiger partial charge in [0.1, 0.15) is 6.04 Å². The van der Waals surface area contributed by atoms with Crippen LogP contribution >= 0.6 is 0 Å². The Morgan fingerprint density at radius 3 is 2.61 bits per heavy atom. The third-order valence-corrected chi connectivity index (χ3v) is 2.69. The van der Waals surface area contributed by atoms with Crippen LogP contribution in [-0.2, 0) is 11.2 Å². The van der Waals surface area contributed by atoms with Gasteiger partial charge in [-0.25, -0.2) is 4.68 Å². The maximum Gasteiger partial charge on any atom is 0.320 e. The smallest absolute Gasteiger partial charge is 0.320 e. The molecule has 1 unspecified atom stereocenters. The van der Waals surface area contributed by atoms with Crippen molar-refractivity contribution in [1.82, 2.24) is 9.78 Å². The Morgan fingerprint density at radius 1 is 1.44 bits per heavy atom. The number of nitrogens with zero attached hydrogens (tertiary/aromatic N) is 2. The standard InChI is InChI=1S/C13H15N3O2/c1-9-7-15-16(8-9)11-4-2-10(3-5-11)6-12(14)13(17)18/h2-5,7-8,12H,6,14H2,1H3,(H,17,18). The number of benzene rings is 1. The summed E-state index contributed by atoms with van der Waals surface area (Å²) < 4.78 is 1.77. The molecule has 0 saturated heterocycles.